The van der Waals surface area contributed by atoms with Crippen LogP contribution in [0, 0.1) is 0 Å². The molecule has 0 radical (unpaired) electrons. The van der Waals surface area contributed by atoms with E-state index >= 15 is 0 Å². The minimum atomic E-state index is -1.27. The Morgan fingerprint density at radius 1 is 1.00 bits per heavy atom. The Bertz CT molecular complexity index is 629. The Kier molecular flexibility index (Phi) is 4.79. The van der Waals surface area contributed by atoms with E-state index in [1.54, 1.807) is 54.6 Å². The SMILES string of the molecule is O=C(O)NC(C(=O)Nc1ccc(Cl)cc1)c1ccccc1. The highest BCUT2D eigenvalue weighted by molar-refractivity contribution is 6.30. The van der Waals surface area contributed by atoms with Crippen molar-refractivity contribution < 1.29 is 14.7 Å². The highest BCUT2D eigenvalue weighted by Gasteiger charge is 2.22. The number of carboxylic acid groups (broad SMARTS) is 1. The molecule has 0 aliphatic rings. The predicted molar refractivity (Wildman–Crippen MR) is 80.4 cm³/mol. The molecule has 2 aromatic carbocycles. The number of amides is 2. The first-order valence-electron chi connectivity index (χ1n) is 6.17. The molecule has 0 spiro atoms. The van der Waals surface area contributed by atoms with Gasteiger partial charge in [0.05, 0.1) is 0 Å². The highest BCUT2D eigenvalue weighted by atomic mass is 35.5. The fourth-order valence-electron chi connectivity index (χ4n) is 1.82. The zero-order chi connectivity index (χ0) is 15.2. The number of carbonyl (C=O) groups excluding carboxylic acids is 1. The molecule has 3 N–H and O–H groups in total. The number of hydrogen-bond acceptors (Lipinski definition) is 2. The number of carbonyl (C=O) groups is 2. The molecular weight excluding hydrogens is 292 g/mol. The third kappa shape index (κ3) is 4.22. The monoisotopic (exact) mass is 304 g/mol. The van der Waals surface area contributed by atoms with Crippen molar-refractivity contribution in [2.24, 2.45) is 0 Å². The second-order valence-corrected chi connectivity index (χ2v) is 4.73. The first-order valence-corrected chi connectivity index (χ1v) is 6.55. The second-order valence-electron chi connectivity index (χ2n) is 4.29. The van der Waals surface area contributed by atoms with Crippen LogP contribution in [0.5, 0.6) is 0 Å². The number of halogens is 1. The topological polar surface area (TPSA) is 78.4 Å². The fourth-order valence-corrected chi connectivity index (χ4v) is 1.94. The molecule has 0 saturated carbocycles. The van der Waals surface area contributed by atoms with E-state index in [4.69, 9.17) is 16.7 Å². The van der Waals surface area contributed by atoms with Gasteiger partial charge in [-0.1, -0.05) is 41.9 Å². The average Bonchev–Trinajstić information content (AvgIpc) is 2.48. The largest absolute Gasteiger partial charge is 0.465 e. The Morgan fingerprint density at radius 3 is 2.19 bits per heavy atom. The van der Waals surface area contributed by atoms with Gasteiger partial charge in [0.15, 0.2) is 0 Å². The molecule has 2 aromatic rings. The van der Waals surface area contributed by atoms with E-state index in [2.05, 4.69) is 10.6 Å². The van der Waals surface area contributed by atoms with Gasteiger partial charge in [-0.3, -0.25) is 4.79 Å². The molecular formula is C15H13ClN2O3. The van der Waals surface area contributed by atoms with Crippen molar-refractivity contribution in [3.8, 4) is 0 Å². The summed E-state index contributed by atoms with van der Waals surface area (Å²) in [6.45, 7) is 0. The summed E-state index contributed by atoms with van der Waals surface area (Å²) >= 11 is 5.77. The van der Waals surface area contributed by atoms with Gasteiger partial charge in [-0.25, -0.2) is 4.79 Å². The smallest absolute Gasteiger partial charge is 0.405 e. The molecule has 0 aromatic heterocycles. The average molecular weight is 305 g/mol. The molecule has 1 atom stereocenters. The van der Waals surface area contributed by atoms with Gasteiger partial charge in [-0.15, -0.1) is 0 Å². The lowest BCUT2D eigenvalue weighted by molar-refractivity contribution is -0.118. The number of benzene rings is 2. The van der Waals surface area contributed by atoms with Gasteiger partial charge >= 0.3 is 6.09 Å². The molecule has 0 fully saturated rings. The van der Waals surface area contributed by atoms with Gasteiger partial charge < -0.3 is 15.7 Å². The summed E-state index contributed by atoms with van der Waals surface area (Å²) in [5.74, 6) is -0.467. The molecule has 5 nitrogen and oxygen atoms in total. The molecule has 0 bridgehead atoms. The van der Waals surface area contributed by atoms with Gasteiger partial charge in [0, 0.05) is 10.7 Å². The maximum Gasteiger partial charge on any atom is 0.405 e. The van der Waals surface area contributed by atoms with Gasteiger partial charge in [-0.2, -0.15) is 0 Å². The highest BCUT2D eigenvalue weighted by Crippen LogP contribution is 2.18. The van der Waals surface area contributed by atoms with E-state index in [0.29, 0.717) is 16.3 Å². The minimum Gasteiger partial charge on any atom is -0.465 e. The van der Waals surface area contributed by atoms with E-state index in [-0.39, 0.29) is 0 Å². The summed E-state index contributed by atoms with van der Waals surface area (Å²) in [6.07, 6.45) is -1.27. The number of anilines is 1. The van der Waals surface area contributed by atoms with Crippen molar-refractivity contribution in [2.45, 2.75) is 6.04 Å². The van der Waals surface area contributed by atoms with Crippen molar-refractivity contribution in [1.29, 1.82) is 0 Å². The van der Waals surface area contributed by atoms with Crippen LogP contribution in [0.1, 0.15) is 11.6 Å². The van der Waals surface area contributed by atoms with Crippen molar-refractivity contribution in [1.82, 2.24) is 5.32 Å². The van der Waals surface area contributed by atoms with Crippen LogP contribution in [0.2, 0.25) is 5.02 Å². The van der Waals surface area contributed by atoms with Gasteiger partial charge in [-0.05, 0) is 29.8 Å². The van der Waals surface area contributed by atoms with E-state index in [1.807, 2.05) is 0 Å². The van der Waals surface area contributed by atoms with Gasteiger partial charge in [0.1, 0.15) is 6.04 Å². The van der Waals surface area contributed by atoms with Crippen molar-refractivity contribution >= 4 is 29.3 Å². The quantitative estimate of drug-likeness (QED) is 0.811. The molecule has 108 valence electrons. The Hall–Kier alpha value is -2.53. The maximum atomic E-state index is 12.3. The van der Waals surface area contributed by atoms with E-state index in [9.17, 15) is 9.59 Å². The van der Waals surface area contributed by atoms with Crippen LogP contribution in [0.25, 0.3) is 0 Å². The molecule has 0 saturated heterocycles. The van der Waals surface area contributed by atoms with Crippen LogP contribution in [0.4, 0.5) is 10.5 Å². The molecule has 0 aliphatic heterocycles. The number of nitrogens with one attached hydrogen (secondary N) is 2. The van der Waals surface area contributed by atoms with E-state index in [1.165, 1.54) is 0 Å². The summed E-state index contributed by atoms with van der Waals surface area (Å²) in [6, 6.07) is 14.2. The van der Waals surface area contributed by atoms with E-state index in [0.717, 1.165) is 0 Å². The first kappa shape index (κ1) is 14.9. The summed E-state index contributed by atoms with van der Waals surface area (Å²) in [4.78, 5) is 23.1. The third-order valence-electron chi connectivity index (χ3n) is 2.77. The number of rotatable bonds is 4. The van der Waals surface area contributed by atoms with Crippen LogP contribution in [0.3, 0.4) is 0 Å². The Morgan fingerprint density at radius 2 is 1.62 bits per heavy atom. The molecule has 0 aliphatic carbocycles. The molecule has 2 amide bonds. The molecule has 6 heteroatoms. The van der Waals surface area contributed by atoms with Crippen molar-refractivity contribution in [2.75, 3.05) is 5.32 Å². The summed E-state index contributed by atoms with van der Waals surface area (Å²) in [5, 5.41) is 14.3. The van der Waals surface area contributed by atoms with Gasteiger partial charge in [0.2, 0.25) is 0 Å². The van der Waals surface area contributed by atoms with Crippen LogP contribution in [-0.2, 0) is 4.79 Å². The zero-order valence-corrected chi connectivity index (χ0v) is 11.7. The van der Waals surface area contributed by atoms with Crippen LogP contribution in [0.15, 0.2) is 54.6 Å². The van der Waals surface area contributed by atoms with Crippen LogP contribution < -0.4 is 10.6 Å². The molecule has 0 heterocycles. The third-order valence-corrected chi connectivity index (χ3v) is 3.03. The van der Waals surface area contributed by atoms with E-state index < -0.39 is 18.0 Å². The lowest BCUT2D eigenvalue weighted by atomic mass is 10.1. The Balaban J connectivity index is 2.18. The summed E-state index contributed by atoms with van der Waals surface area (Å²) < 4.78 is 0. The fraction of sp³-hybridized carbons (Fsp3) is 0.0667. The normalized spacial score (nSPS) is 11.5. The lowest BCUT2D eigenvalue weighted by Gasteiger charge is -2.17. The predicted octanol–water partition coefficient (Wildman–Crippen LogP) is 3.29. The minimum absolute atomic E-state index is 0.467. The first-order chi connectivity index (χ1) is 10.1. The standard InChI is InChI=1S/C15H13ClN2O3/c16-11-6-8-12(9-7-11)17-14(19)13(18-15(20)21)10-4-2-1-3-5-10/h1-9,13,18H,(H,17,19)(H,20,21). The zero-order valence-electron chi connectivity index (χ0n) is 10.9. The molecule has 1 unspecified atom stereocenters. The van der Waals surface area contributed by atoms with Crippen molar-refractivity contribution in [3.63, 3.8) is 0 Å². The van der Waals surface area contributed by atoms with Gasteiger partial charge in [0.25, 0.3) is 5.91 Å². The van der Waals surface area contributed by atoms with Crippen LogP contribution >= 0.6 is 11.6 Å². The lowest BCUT2D eigenvalue weighted by Crippen LogP contribution is -2.36. The van der Waals surface area contributed by atoms with Crippen molar-refractivity contribution in [3.05, 3.63) is 65.2 Å². The molecule has 2 rings (SSSR count). The summed E-state index contributed by atoms with van der Waals surface area (Å²) in [5.41, 5.74) is 1.10. The number of hydrogen-bond donors (Lipinski definition) is 3. The Labute approximate surface area is 126 Å². The summed E-state index contributed by atoms with van der Waals surface area (Å²) in [7, 11) is 0. The second kappa shape index (κ2) is 6.76. The maximum absolute atomic E-state index is 12.3. The van der Waals surface area contributed by atoms with Crippen LogP contribution in [-0.4, -0.2) is 17.1 Å². The molecule has 21 heavy (non-hydrogen) atoms.